The molecule has 0 aliphatic heterocycles. The van der Waals surface area contributed by atoms with E-state index in [0.717, 1.165) is 0 Å². The fourth-order valence-electron chi connectivity index (χ4n) is 2.33. The van der Waals surface area contributed by atoms with Crippen LogP contribution in [0.2, 0.25) is 0 Å². The van der Waals surface area contributed by atoms with Gasteiger partial charge in [-0.2, -0.15) is 0 Å². The number of nitrogens with one attached hydrogen (secondary N) is 1. The van der Waals surface area contributed by atoms with Gasteiger partial charge in [0.2, 0.25) is 0 Å². The van der Waals surface area contributed by atoms with E-state index >= 15 is 0 Å². The molecule has 0 atom stereocenters. The Bertz CT molecular complexity index is 908. The Balaban J connectivity index is 1.79. The first-order valence-corrected chi connectivity index (χ1v) is 7.66. The standard InChI is InChI=1S/C20H16N2O3/c21-19(23)17-11-4-5-12-18(17)22-20(24)14-7-6-10-16(13-14)25-15-8-2-1-3-9-15/h1-13H,(H2,21,23)(H,22,24). The lowest BCUT2D eigenvalue weighted by Gasteiger charge is -2.10. The number of nitrogens with two attached hydrogens (primary N) is 1. The topological polar surface area (TPSA) is 81.4 Å². The Morgan fingerprint density at radius 2 is 1.48 bits per heavy atom. The van der Waals surface area contributed by atoms with Crippen molar-refractivity contribution in [1.29, 1.82) is 0 Å². The van der Waals surface area contributed by atoms with Crippen LogP contribution in [-0.4, -0.2) is 11.8 Å². The minimum atomic E-state index is -0.600. The van der Waals surface area contributed by atoms with Crippen LogP contribution in [0, 0.1) is 0 Å². The number of para-hydroxylation sites is 2. The van der Waals surface area contributed by atoms with Crippen molar-refractivity contribution in [1.82, 2.24) is 0 Å². The Morgan fingerprint density at radius 3 is 2.24 bits per heavy atom. The first kappa shape index (κ1) is 16.3. The van der Waals surface area contributed by atoms with Crippen LogP contribution < -0.4 is 15.8 Å². The third-order valence-electron chi connectivity index (χ3n) is 3.52. The summed E-state index contributed by atoms with van der Waals surface area (Å²) in [5.74, 6) is 0.269. The average molecular weight is 332 g/mol. The molecule has 0 unspecified atom stereocenters. The number of primary amides is 1. The number of amides is 2. The molecular weight excluding hydrogens is 316 g/mol. The molecule has 0 fully saturated rings. The van der Waals surface area contributed by atoms with Crippen LogP contribution in [0.5, 0.6) is 11.5 Å². The van der Waals surface area contributed by atoms with Gasteiger partial charge in [-0.3, -0.25) is 9.59 Å². The van der Waals surface area contributed by atoms with Gasteiger partial charge in [-0.05, 0) is 42.5 Å². The van der Waals surface area contributed by atoms with Gasteiger partial charge in [0.05, 0.1) is 11.3 Å². The molecule has 0 radical (unpaired) electrons. The van der Waals surface area contributed by atoms with Gasteiger partial charge in [-0.1, -0.05) is 36.4 Å². The lowest BCUT2D eigenvalue weighted by molar-refractivity contribution is 0.100. The zero-order valence-corrected chi connectivity index (χ0v) is 13.3. The molecule has 124 valence electrons. The largest absolute Gasteiger partial charge is 0.457 e. The predicted octanol–water partition coefficient (Wildman–Crippen LogP) is 3.83. The van der Waals surface area contributed by atoms with Crippen LogP contribution in [0.15, 0.2) is 78.9 Å². The maximum Gasteiger partial charge on any atom is 0.255 e. The third kappa shape index (κ3) is 4.03. The molecular formula is C20H16N2O3. The normalized spacial score (nSPS) is 10.1. The van der Waals surface area contributed by atoms with Crippen LogP contribution in [0.25, 0.3) is 0 Å². The third-order valence-corrected chi connectivity index (χ3v) is 3.52. The zero-order valence-electron chi connectivity index (χ0n) is 13.3. The van der Waals surface area contributed by atoms with Crippen LogP contribution in [0.4, 0.5) is 5.69 Å². The van der Waals surface area contributed by atoms with E-state index in [0.29, 0.717) is 22.7 Å². The number of ether oxygens (including phenoxy) is 1. The monoisotopic (exact) mass is 332 g/mol. The van der Waals surface area contributed by atoms with E-state index in [9.17, 15) is 9.59 Å². The van der Waals surface area contributed by atoms with Crippen LogP contribution >= 0.6 is 0 Å². The van der Waals surface area contributed by atoms with Crippen molar-refractivity contribution < 1.29 is 14.3 Å². The summed E-state index contributed by atoms with van der Waals surface area (Å²) < 4.78 is 5.73. The first-order valence-electron chi connectivity index (χ1n) is 7.66. The number of hydrogen-bond acceptors (Lipinski definition) is 3. The highest BCUT2D eigenvalue weighted by molar-refractivity contribution is 6.08. The summed E-state index contributed by atoms with van der Waals surface area (Å²) in [6.07, 6.45) is 0. The molecule has 3 N–H and O–H groups in total. The average Bonchev–Trinajstić information content (AvgIpc) is 2.63. The van der Waals surface area contributed by atoms with Gasteiger partial charge in [-0.25, -0.2) is 0 Å². The second-order valence-electron chi connectivity index (χ2n) is 5.31. The van der Waals surface area contributed by atoms with Crippen molar-refractivity contribution in [3.8, 4) is 11.5 Å². The SMILES string of the molecule is NC(=O)c1ccccc1NC(=O)c1cccc(Oc2ccccc2)c1. The molecule has 0 saturated carbocycles. The van der Waals surface area contributed by atoms with Gasteiger partial charge in [-0.15, -0.1) is 0 Å². The lowest BCUT2D eigenvalue weighted by atomic mass is 10.1. The highest BCUT2D eigenvalue weighted by Crippen LogP contribution is 2.23. The molecule has 0 heterocycles. The van der Waals surface area contributed by atoms with Crippen molar-refractivity contribution >= 4 is 17.5 Å². The quantitative estimate of drug-likeness (QED) is 0.745. The molecule has 0 aromatic heterocycles. The van der Waals surface area contributed by atoms with Crippen molar-refractivity contribution in [3.05, 3.63) is 90.0 Å². The minimum absolute atomic E-state index is 0.257. The van der Waals surface area contributed by atoms with E-state index in [4.69, 9.17) is 10.5 Å². The number of carbonyl (C=O) groups excluding carboxylic acids is 2. The van der Waals surface area contributed by atoms with Gasteiger partial charge in [0.15, 0.2) is 0 Å². The number of benzene rings is 3. The summed E-state index contributed by atoms with van der Waals surface area (Å²) >= 11 is 0. The van der Waals surface area contributed by atoms with E-state index in [1.54, 1.807) is 48.5 Å². The highest BCUT2D eigenvalue weighted by atomic mass is 16.5. The Hall–Kier alpha value is -3.60. The Morgan fingerprint density at radius 1 is 0.800 bits per heavy atom. The van der Waals surface area contributed by atoms with E-state index < -0.39 is 5.91 Å². The molecule has 0 saturated heterocycles. The van der Waals surface area contributed by atoms with E-state index in [-0.39, 0.29) is 11.5 Å². The molecule has 0 aliphatic carbocycles. The fraction of sp³-hybridized carbons (Fsp3) is 0. The van der Waals surface area contributed by atoms with E-state index in [1.807, 2.05) is 30.3 Å². The van der Waals surface area contributed by atoms with Gasteiger partial charge in [0.25, 0.3) is 11.8 Å². The minimum Gasteiger partial charge on any atom is -0.457 e. The highest BCUT2D eigenvalue weighted by Gasteiger charge is 2.12. The van der Waals surface area contributed by atoms with Gasteiger partial charge in [0, 0.05) is 5.56 Å². The molecule has 0 bridgehead atoms. The second-order valence-corrected chi connectivity index (χ2v) is 5.31. The van der Waals surface area contributed by atoms with Crippen molar-refractivity contribution in [2.45, 2.75) is 0 Å². The molecule has 5 heteroatoms. The zero-order chi connectivity index (χ0) is 17.6. The summed E-state index contributed by atoms with van der Waals surface area (Å²) in [4.78, 5) is 23.9. The molecule has 2 amide bonds. The van der Waals surface area contributed by atoms with E-state index in [1.165, 1.54) is 0 Å². The van der Waals surface area contributed by atoms with E-state index in [2.05, 4.69) is 5.32 Å². The number of anilines is 1. The first-order chi connectivity index (χ1) is 12.1. The predicted molar refractivity (Wildman–Crippen MR) is 95.9 cm³/mol. The molecule has 5 nitrogen and oxygen atoms in total. The van der Waals surface area contributed by atoms with Crippen molar-refractivity contribution in [3.63, 3.8) is 0 Å². The summed E-state index contributed by atoms with van der Waals surface area (Å²) in [6, 6.07) is 22.7. The molecule has 0 aliphatic rings. The van der Waals surface area contributed by atoms with Gasteiger partial charge < -0.3 is 15.8 Å². The maximum atomic E-state index is 12.5. The number of rotatable bonds is 5. The van der Waals surface area contributed by atoms with Crippen LogP contribution in [0.3, 0.4) is 0 Å². The Labute approximate surface area is 145 Å². The number of carbonyl (C=O) groups is 2. The second kappa shape index (κ2) is 7.31. The lowest BCUT2D eigenvalue weighted by Crippen LogP contribution is -2.18. The Kier molecular flexibility index (Phi) is 4.76. The number of hydrogen-bond donors (Lipinski definition) is 2. The van der Waals surface area contributed by atoms with Crippen molar-refractivity contribution in [2.24, 2.45) is 5.73 Å². The summed E-state index contributed by atoms with van der Waals surface area (Å²) in [6.45, 7) is 0. The van der Waals surface area contributed by atoms with Gasteiger partial charge >= 0.3 is 0 Å². The van der Waals surface area contributed by atoms with Crippen LogP contribution in [0.1, 0.15) is 20.7 Å². The molecule has 3 aromatic rings. The maximum absolute atomic E-state index is 12.5. The van der Waals surface area contributed by atoms with Crippen LogP contribution in [-0.2, 0) is 0 Å². The summed E-state index contributed by atoms with van der Waals surface area (Å²) in [5.41, 5.74) is 6.37. The fourth-order valence-corrected chi connectivity index (χ4v) is 2.33. The summed E-state index contributed by atoms with van der Waals surface area (Å²) in [7, 11) is 0. The van der Waals surface area contributed by atoms with Gasteiger partial charge in [0.1, 0.15) is 11.5 Å². The van der Waals surface area contributed by atoms with Crippen molar-refractivity contribution in [2.75, 3.05) is 5.32 Å². The molecule has 3 aromatic carbocycles. The smallest absolute Gasteiger partial charge is 0.255 e. The summed E-state index contributed by atoms with van der Waals surface area (Å²) in [5, 5.41) is 2.70. The molecule has 3 rings (SSSR count). The molecule has 25 heavy (non-hydrogen) atoms. The molecule has 0 spiro atoms.